The number of thiophene rings is 1. The maximum atomic E-state index is 13.7. The summed E-state index contributed by atoms with van der Waals surface area (Å²) in [4.78, 5) is 46.4. The van der Waals surface area contributed by atoms with Crippen molar-refractivity contribution < 1.29 is 14.4 Å². The molecule has 3 N–H and O–H groups in total. The number of carbonyl (C=O) groups is 3. The lowest BCUT2D eigenvalue weighted by molar-refractivity contribution is -0.116. The lowest BCUT2D eigenvalue weighted by atomic mass is 10.1. The summed E-state index contributed by atoms with van der Waals surface area (Å²) >= 11 is 10.2. The third-order valence-electron chi connectivity index (χ3n) is 6.92. The summed E-state index contributed by atoms with van der Waals surface area (Å²) in [6.07, 6.45) is 1.65. The number of nitrogens with zero attached hydrogens (tertiary/aromatic N) is 1. The normalized spacial score (nSPS) is 11.8. The van der Waals surface area contributed by atoms with Gasteiger partial charge in [0.05, 0.1) is 5.69 Å². The summed E-state index contributed by atoms with van der Waals surface area (Å²) in [7, 11) is 0. The van der Waals surface area contributed by atoms with Gasteiger partial charge in [0, 0.05) is 37.0 Å². The highest BCUT2D eigenvalue weighted by Gasteiger charge is 2.24. The first kappa shape index (κ1) is 32.9. The molecule has 0 bridgehead atoms. The Bertz CT molecular complexity index is 2050. The molecule has 0 saturated carbocycles. The van der Waals surface area contributed by atoms with Gasteiger partial charge in [-0.15, -0.1) is 34.4 Å². The monoisotopic (exact) mass is 706 g/mol. The highest BCUT2D eigenvalue weighted by Crippen LogP contribution is 2.38. The molecule has 4 aromatic carbocycles. The Hall–Kier alpha value is -5.00. The molecule has 0 radical (unpaired) electrons. The number of anilines is 2. The highest BCUT2D eigenvalue weighted by molar-refractivity contribution is 8.00. The Morgan fingerprint density at radius 3 is 2.27 bits per heavy atom. The first-order valence-corrected chi connectivity index (χ1v) is 17.7. The zero-order chi connectivity index (χ0) is 33.3. The molecule has 1 unspecified atom stereocenters. The van der Waals surface area contributed by atoms with Crippen molar-refractivity contribution in [3.05, 3.63) is 159 Å². The number of thioether (sulfide) groups is 1. The van der Waals surface area contributed by atoms with E-state index in [2.05, 4.69) is 20.9 Å². The average molecular weight is 707 g/mol. The quantitative estimate of drug-likeness (QED) is 0.0921. The molecule has 6 rings (SSSR count). The van der Waals surface area contributed by atoms with Crippen LogP contribution >= 0.6 is 46.0 Å². The van der Waals surface area contributed by atoms with Crippen molar-refractivity contribution in [2.75, 3.05) is 10.6 Å². The summed E-state index contributed by atoms with van der Waals surface area (Å²) < 4.78 is 0. The van der Waals surface area contributed by atoms with Gasteiger partial charge in [-0.25, -0.2) is 4.98 Å². The molecule has 3 amide bonds. The summed E-state index contributed by atoms with van der Waals surface area (Å²) in [5, 5.41) is 12.9. The van der Waals surface area contributed by atoms with E-state index in [1.807, 2.05) is 83.6 Å². The first-order chi connectivity index (χ1) is 23.4. The van der Waals surface area contributed by atoms with Crippen LogP contribution in [0.2, 0.25) is 5.02 Å². The van der Waals surface area contributed by atoms with E-state index in [9.17, 15) is 14.4 Å². The molecule has 0 fully saturated rings. The van der Waals surface area contributed by atoms with Crippen LogP contribution in [0.3, 0.4) is 0 Å². The Kier molecular flexibility index (Phi) is 10.8. The first-order valence-electron chi connectivity index (χ1n) is 14.7. The van der Waals surface area contributed by atoms with Gasteiger partial charge in [-0.2, -0.15) is 0 Å². The van der Waals surface area contributed by atoms with Crippen molar-refractivity contribution in [3.63, 3.8) is 0 Å². The van der Waals surface area contributed by atoms with E-state index in [0.717, 1.165) is 26.6 Å². The summed E-state index contributed by atoms with van der Waals surface area (Å²) in [5.41, 5.74) is 3.51. The fourth-order valence-electron chi connectivity index (χ4n) is 4.60. The molecule has 6 aromatic rings. The molecule has 238 valence electrons. The highest BCUT2D eigenvalue weighted by atomic mass is 35.5. The van der Waals surface area contributed by atoms with Crippen molar-refractivity contribution in [2.45, 2.75) is 10.1 Å². The van der Waals surface area contributed by atoms with Crippen LogP contribution in [0.1, 0.15) is 26.0 Å². The fourth-order valence-corrected chi connectivity index (χ4v) is 7.19. The van der Waals surface area contributed by atoms with Crippen LogP contribution < -0.4 is 16.0 Å². The predicted octanol–water partition coefficient (Wildman–Crippen LogP) is 9.41. The van der Waals surface area contributed by atoms with Gasteiger partial charge in [-0.05, 0) is 65.6 Å². The van der Waals surface area contributed by atoms with Crippen molar-refractivity contribution in [2.24, 2.45) is 0 Å². The van der Waals surface area contributed by atoms with E-state index in [1.54, 1.807) is 54.6 Å². The Morgan fingerprint density at radius 2 is 1.54 bits per heavy atom. The van der Waals surface area contributed by atoms with Crippen LogP contribution in [0, 0.1) is 0 Å². The molecular formula is C37H27ClN4O3S3. The van der Waals surface area contributed by atoms with E-state index < -0.39 is 17.1 Å². The van der Waals surface area contributed by atoms with E-state index in [-0.39, 0.29) is 11.6 Å². The van der Waals surface area contributed by atoms with Crippen LogP contribution in [-0.4, -0.2) is 22.7 Å². The topological polar surface area (TPSA) is 100 Å². The molecule has 0 aliphatic carbocycles. The number of amides is 3. The zero-order valence-corrected chi connectivity index (χ0v) is 28.3. The SMILES string of the molecule is O=C(Nc1cccc(SC(C(=O)Nc2nc(-c3ccc(Cl)cc3)cs2)c2ccccc2)c1)/C(=C/c1cccs1)NC(=O)c1ccccc1. The molecule has 0 saturated heterocycles. The smallest absolute Gasteiger partial charge is 0.272 e. The number of hydrogen-bond donors (Lipinski definition) is 3. The third kappa shape index (κ3) is 8.67. The molecular weight excluding hydrogens is 680 g/mol. The molecule has 48 heavy (non-hydrogen) atoms. The van der Waals surface area contributed by atoms with Gasteiger partial charge in [0.1, 0.15) is 10.9 Å². The van der Waals surface area contributed by atoms with Crippen molar-refractivity contribution >= 4 is 80.7 Å². The van der Waals surface area contributed by atoms with Crippen LogP contribution in [0.15, 0.2) is 143 Å². The van der Waals surface area contributed by atoms with E-state index >= 15 is 0 Å². The van der Waals surface area contributed by atoms with Gasteiger partial charge in [-0.1, -0.05) is 84.4 Å². The molecule has 0 aliphatic rings. The Morgan fingerprint density at radius 1 is 0.792 bits per heavy atom. The number of halogens is 1. The van der Waals surface area contributed by atoms with Crippen LogP contribution in [0.4, 0.5) is 10.8 Å². The molecule has 11 heteroatoms. The van der Waals surface area contributed by atoms with Gasteiger partial charge in [0.25, 0.3) is 11.8 Å². The van der Waals surface area contributed by atoms with E-state index in [1.165, 1.54) is 34.4 Å². The van der Waals surface area contributed by atoms with Gasteiger partial charge in [0.2, 0.25) is 5.91 Å². The van der Waals surface area contributed by atoms with E-state index in [4.69, 9.17) is 11.6 Å². The summed E-state index contributed by atoms with van der Waals surface area (Å²) in [5.74, 6) is -1.11. The number of benzene rings is 4. The van der Waals surface area contributed by atoms with Gasteiger partial charge in [-0.3, -0.25) is 14.4 Å². The minimum absolute atomic E-state index is 0.104. The second-order valence-corrected chi connectivity index (χ2v) is 13.8. The molecule has 7 nitrogen and oxygen atoms in total. The standard InChI is InChI=1S/C37H27ClN4O3S3/c38-27-18-16-24(17-19-27)32-23-47-37(41-32)42-36(45)33(25-9-3-1-4-10-25)48-30-14-7-13-28(21-30)39-35(44)31(22-29-15-8-20-46-29)40-34(43)26-11-5-2-6-12-26/h1-23,33H,(H,39,44)(H,40,43)(H,41,42,45)/b31-22-. The minimum atomic E-state index is -0.612. The van der Waals surface area contributed by atoms with Crippen molar-refractivity contribution in [3.8, 4) is 11.3 Å². The lowest BCUT2D eigenvalue weighted by Crippen LogP contribution is -2.30. The number of hydrogen-bond acceptors (Lipinski definition) is 7. The number of aromatic nitrogens is 1. The van der Waals surface area contributed by atoms with Gasteiger partial charge >= 0.3 is 0 Å². The maximum Gasteiger partial charge on any atom is 0.272 e. The van der Waals surface area contributed by atoms with Gasteiger partial charge < -0.3 is 16.0 Å². The van der Waals surface area contributed by atoms with E-state index in [0.29, 0.717) is 21.4 Å². The van der Waals surface area contributed by atoms with Crippen molar-refractivity contribution in [1.29, 1.82) is 0 Å². The number of thiazole rings is 1. The fraction of sp³-hybridized carbons (Fsp3) is 0.0270. The predicted molar refractivity (Wildman–Crippen MR) is 198 cm³/mol. The lowest BCUT2D eigenvalue weighted by Gasteiger charge is -2.17. The van der Waals surface area contributed by atoms with Crippen molar-refractivity contribution in [1.82, 2.24) is 10.3 Å². The summed E-state index contributed by atoms with van der Waals surface area (Å²) in [6.45, 7) is 0. The minimum Gasteiger partial charge on any atom is -0.321 e. The molecule has 2 aromatic heterocycles. The Labute approximate surface area is 294 Å². The zero-order valence-electron chi connectivity index (χ0n) is 25.1. The molecule has 2 heterocycles. The molecule has 1 atom stereocenters. The maximum absolute atomic E-state index is 13.7. The summed E-state index contributed by atoms with van der Waals surface area (Å²) in [6, 6.07) is 36.6. The number of carbonyl (C=O) groups excluding carboxylic acids is 3. The third-order valence-corrected chi connectivity index (χ3v) is 10.00. The average Bonchev–Trinajstić information content (AvgIpc) is 3.81. The largest absolute Gasteiger partial charge is 0.321 e. The molecule has 0 aliphatic heterocycles. The molecule has 0 spiro atoms. The van der Waals surface area contributed by atoms with Crippen LogP contribution in [-0.2, 0) is 9.59 Å². The van der Waals surface area contributed by atoms with Gasteiger partial charge in [0.15, 0.2) is 5.13 Å². The number of nitrogens with one attached hydrogen (secondary N) is 3. The second kappa shape index (κ2) is 15.7. The Balaban J connectivity index is 1.19. The number of rotatable bonds is 11. The van der Waals surface area contributed by atoms with Crippen LogP contribution in [0.25, 0.3) is 17.3 Å². The second-order valence-electron chi connectivity index (χ2n) is 10.3. The van der Waals surface area contributed by atoms with Crippen LogP contribution in [0.5, 0.6) is 0 Å².